The molecular weight excluding hydrogens is 358 g/mol. The molecule has 3 heterocycles. The number of fused-ring (bicyclic) bond motifs is 1. The van der Waals surface area contributed by atoms with E-state index in [1.807, 2.05) is 13.8 Å². The van der Waals surface area contributed by atoms with E-state index in [9.17, 15) is 14.4 Å². The van der Waals surface area contributed by atoms with Crippen molar-refractivity contribution < 1.29 is 14.4 Å². The van der Waals surface area contributed by atoms with Gasteiger partial charge in [0.1, 0.15) is 17.2 Å². The number of nitrogens with zero attached hydrogens (tertiary/aromatic N) is 3. The molecule has 1 fully saturated rings. The highest BCUT2D eigenvalue weighted by molar-refractivity contribution is 5.94. The number of likely N-dealkylation sites (tertiary alicyclic amines) is 1. The monoisotopic (exact) mass is 385 g/mol. The van der Waals surface area contributed by atoms with Crippen LogP contribution in [0.15, 0.2) is 24.4 Å². The van der Waals surface area contributed by atoms with Crippen LogP contribution in [0.1, 0.15) is 50.5 Å². The molecule has 0 atom stereocenters. The number of amides is 3. The Labute approximate surface area is 164 Å². The lowest BCUT2D eigenvalue weighted by Gasteiger charge is -2.32. The summed E-state index contributed by atoms with van der Waals surface area (Å²) in [5, 5.41) is 5.85. The Morgan fingerprint density at radius 2 is 1.93 bits per heavy atom. The maximum atomic E-state index is 12.9. The van der Waals surface area contributed by atoms with E-state index < -0.39 is 0 Å². The van der Waals surface area contributed by atoms with Crippen molar-refractivity contribution in [2.24, 2.45) is 5.92 Å². The van der Waals surface area contributed by atoms with Gasteiger partial charge in [0, 0.05) is 37.7 Å². The maximum Gasteiger partial charge on any atom is 0.274 e. The van der Waals surface area contributed by atoms with Gasteiger partial charge in [0.05, 0.1) is 0 Å². The highest BCUT2D eigenvalue weighted by Gasteiger charge is 2.26. The van der Waals surface area contributed by atoms with Gasteiger partial charge in [0.2, 0.25) is 11.8 Å². The Morgan fingerprint density at radius 3 is 2.57 bits per heavy atom. The van der Waals surface area contributed by atoms with Gasteiger partial charge in [-0.1, -0.05) is 26.8 Å². The lowest BCUT2D eigenvalue weighted by molar-refractivity contribution is -0.125. The molecule has 0 unspecified atom stereocenters. The molecule has 2 N–H and O–H groups in total. The summed E-state index contributed by atoms with van der Waals surface area (Å²) in [5.74, 6) is 0.363. The Balaban J connectivity index is 1.68. The molecule has 1 aliphatic heterocycles. The van der Waals surface area contributed by atoms with Crippen LogP contribution in [0.3, 0.4) is 0 Å². The van der Waals surface area contributed by atoms with Crippen molar-refractivity contribution in [3.8, 4) is 0 Å². The average Bonchev–Trinajstić information content (AvgIpc) is 3.13. The molecule has 0 aromatic carbocycles. The van der Waals surface area contributed by atoms with Gasteiger partial charge >= 0.3 is 0 Å². The minimum atomic E-state index is -0.134. The summed E-state index contributed by atoms with van der Waals surface area (Å²) in [7, 11) is 0. The van der Waals surface area contributed by atoms with Crippen LogP contribution in [0.25, 0.3) is 5.65 Å². The molecule has 0 saturated carbocycles. The lowest BCUT2D eigenvalue weighted by atomic mass is 10.0. The molecule has 8 nitrogen and oxygen atoms in total. The summed E-state index contributed by atoms with van der Waals surface area (Å²) in [6.07, 6.45) is 3.50. The molecule has 0 radical (unpaired) electrons. The zero-order chi connectivity index (χ0) is 20.3. The zero-order valence-electron chi connectivity index (χ0n) is 16.6. The second-order valence-corrected chi connectivity index (χ2v) is 7.40. The predicted molar refractivity (Wildman–Crippen MR) is 106 cm³/mol. The van der Waals surface area contributed by atoms with Gasteiger partial charge < -0.3 is 15.5 Å². The topological polar surface area (TPSA) is 95.8 Å². The summed E-state index contributed by atoms with van der Waals surface area (Å²) in [6, 6.07) is 5.48. The van der Waals surface area contributed by atoms with E-state index in [4.69, 9.17) is 0 Å². The highest BCUT2D eigenvalue weighted by atomic mass is 16.2. The fraction of sp³-hybridized carbons (Fsp3) is 0.500. The van der Waals surface area contributed by atoms with Crippen LogP contribution in [0.2, 0.25) is 0 Å². The number of pyridine rings is 1. The smallest absolute Gasteiger partial charge is 0.274 e. The summed E-state index contributed by atoms with van der Waals surface area (Å²) < 4.78 is 1.72. The molecule has 0 spiro atoms. The number of hydrogen-bond donors (Lipinski definition) is 2. The van der Waals surface area contributed by atoms with Crippen molar-refractivity contribution in [3.63, 3.8) is 0 Å². The molecule has 0 aliphatic carbocycles. The van der Waals surface area contributed by atoms with E-state index in [2.05, 4.69) is 15.6 Å². The molecule has 2 aromatic heterocycles. The molecule has 1 aliphatic rings. The number of carbonyl (C=O) groups is 3. The SMILES string of the molecule is CCC(=O)Nc1cccc2nc(C(=O)N3CCC(NC(=O)C(C)C)CC3)cn12. The van der Waals surface area contributed by atoms with Crippen molar-refractivity contribution >= 4 is 29.2 Å². The second kappa shape index (κ2) is 8.41. The molecule has 1 saturated heterocycles. The lowest BCUT2D eigenvalue weighted by Crippen LogP contribution is -2.47. The van der Waals surface area contributed by atoms with Crippen molar-refractivity contribution in [2.45, 2.75) is 46.1 Å². The van der Waals surface area contributed by atoms with Crippen LogP contribution in [0.5, 0.6) is 0 Å². The largest absolute Gasteiger partial charge is 0.353 e. The van der Waals surface area contributed by atoms with Crippen molar-refractivity contribution in [1.82, 2.24) is 19.6 Å². The van der Waals surface area contributed by atoms with Crippen molar-refractivity contribution in [3.05, 3.63) is 30.1 Å². The van der Waals surface area contributed by atoms with Crippen LogP contribution in [-0.2, 0) is 9.59 Å². The minimum absolute atomic E-state index is 0.0416. The third-order valence-electron chi connectivity index (χ3n) is 4.95. The fourth-order valence-electron chi connectivity index (χ4n) is 3.20. The first-order chi connectivity index (χ1) is 13.4. The van der Waals surface area contributed by atoms with E-state index in [1.54, 1.807) is 40.6 Å². The van der Waals surface area contributed by atoms with Gasteiger partial charge in [-0.25, -0.2) is 4.98 Å². The number of imidazole rings is 1. The number of rotatable bonds is 5. The van der Waals surface area contributed by atoms with Crippen molar-refractivity contribution in [1.29, 1.82) is 0 Å². The quantitative estimate of drug-likeness (QED) is 0.823. The van der Waals surface area contributed by atoms with Gasteiger partial charge in [0.25, 0.3) is 5.91 Å². The molecule has 3 amide bonds. The number of carbonyl (C=O) groups excluding carboxylic acids is 3. The molecular formula is C20H27N5O3. The van der Waals surface area contributed by atoms with E-state index >= 15 is 0 Å². The minimum Gasteiger partial charge on any atom is -0.353 e. The number of piperidine rings is 1. The van der Waals surface area contributed by atoms with Gasteiger partial charge in [-0.15, -0.1) is 0 Å². The normalized spacial score (nSPS) is 15.1. The number of aromatic nitrogens is 2. The third-order valence-corrected chi connectivity index (χ3v) is 4.95. The molecule has 2 aromatic rings. The Hall–Kier alpha value is -2.90. The Bertz CT molecular complexity index is 881. The molecule has 28 heavy (non-hydrogen) atoms. The predicted octanol–water partition coefficient (Wildman–Crippen LogP) is 2.06. The van der Waals surface area contributed by atoms with Crippen LogP contribution < -0.4 is 10.6 Å². The summed E-state index contributed by atoms with van der Waals surface area (Å²) >= 11 is 0. The van der Waals surface area contributed by atoms with E-state index in [0.29, 0.717) is 36.7 Å². The summed E-state index contributed by atoms with van der Waals surface area (Å²) in [4.78, 5) is 42.6. The van der Waals surface area contributed by atoms with Gasteiger partial charge in [-0.2, -0.15) is 0 Å². The van der Waals surface area contributed by atoms with Gasteiger partial charge in [-0.3, -0.25) is 18.8 Å². The van der Waals surface area contributed by atoms with Crippen LogP contribution in [0, 0.1) is 5.92 Å². The Kier molecular flexibility index (Phi) is 5.96. The van der Waals surface area contributed by atoms with E-state index in [1.165, 1.54) is 0 Å². The maximum absolute atomic E-state index is 12.9. The highest BCUT2D eigenvalue weighted by Crippen LogP contribution is 2.18. The van der Waals surface area contributed by atoms with Gasteiger partial charge in [0.15, 0.2) is 0 Å². The number of anilines is 1. The first-order valence-electron chi connectivity index (χ1n) is 9.76. The van der Waals surface area contributed by atoms with Crippen molar-refractivity contribution in [2.75, 3.05) is 18.4 Å². The van der Waals surface area contributed by atoms with E-state index in [-0.39, 0.29) is 29.7 Å². The third kappa shape index (κ3) is 4.32. The first kappa shape index (κ1) is 19.9. The first-order valence-corrected chi connectivity index (χ1v) is 9.76. The van der Waals surface area contributed by atoms with Gasteiger partial charge in [-0.05, 0) is 25.0 Å². The van der Waals surface area contributed by atoms with Crippen LogP contribution >= 0.6 is 0 Å². The number of nitrogens with one attached hydrogen (secondary N) is 2. The van der Waals surface area contributed by atoms with Crippen LogP contribution in [-0.4, -0.2) is 51.1 Å². The van der Waals surface area contributed by atoms with Crippen LogP contribution in [0.4, 0.5) is 5.82 Å². The molecule has 8 heteroatoms. The second-order valence-electron chi connectivity index (χ2n) is 7.40. The average molecular weight is 385 g/mol. The number of hydrogen-bond acceptors (Lipinski definition) is 4. The molecule has 150 valence electrons. The van der Waals surface area contributed by atoms with E-state index in [0.717, 1.165) is 12.8 Å². The Morgan fingerprint density at radius 1 is 1.21 bits per heavy atom. The summed E-state index contributed by atoms with van der Waals surface area (Å²) in [6.45, 7) is 6.68. The molecule has 0 bridgehead atoms. The fourth-order valence-corrected chi connectivity index (χ4v) is 3.20. The standard InChI is InChI=1S/C20H27N5O3/c1-4-18(26)23-17-7-5-6-16-22-15(12-25(16)17)20(28)24-10-8-14(9-11-24)21-19(27)13(2)3/h5-7,12-14H,4,8-11H2,1-3H3,(H,21,27)(H,23,26). The molecule has 3 rings (SSSR count). The summed E-state index contributed by atoms with van der Waals surface area (Å²) in [5.41, 5.74) is 0.958. The zero-order valence-corrected chi connectivity index (χ0v) is 16.6.